The molecule has 182 valence electrons. The largest absolute Gasteiger partial charge is 0.0651 e. The molecule has 0 unspecified atom stereocenters. The lowest BCUT2D eigenvalue weighted by atomic mass is 9.90. The minimum Gasteiger partial charge on any atom is -0.0651 e. The number of hydrogen-bond donors (Lipinski definition) is 0. The first-order valence-corrected chi connectivity index (χ1v) is 13.7. The highest BCUT2D eigenvalue weighted by molar-refractivity contribution is 6.24. The minimum atomic E-state index is 1.05. The molecule has 0 aliphatic rings. The predicted octanol–water partition coefficient (Wildman–Crippen LogP) is 9.29. The van der Waals surface area contributed by atoms with Crippen LogP contribution in [-0.4, -0.2) is 0 Å². The van der Waals surface area contributed by atoms with Gasteiger partial charge in [-0.2, -0.15) is 0 Å². The van der Waals surface area contributed by atoms with Crippen molar-refractivity contribution in [1.82, 2.24) is 0 Å². The van der Waals surface area contributed by atoms with E-state index in [0.717, 1.165) is 47.9 Å². The van der Waals surface area contributed by atoms with E-state index in [1.165, 1.54) is 43.4 Å². The SMILES string of the molecule is CCCc1ccc(C#Cc2ccc3ccc4c(C#Cc5ccc(CCC)cc5)ccc5ccc2c3c54)cc1. The second-order valence-corrected chi connectivity index (χ2v) is 10.0. The normalized spacial score (nSPS) is 10.9. The van der Waals surface area contributed by atoms with Gasteiger partial charge < -0.3 is 0 Å². The maximum Gasteiger partial charge on any atom is 0.0328 e. The topological polar surface area (TPSA) is 0 Å². The molecule has 0 atom stereocenters. The van der Waals surface area contributed by atoms with Gasteiger partial charge >= 0.3 is 0 Å². The third kappa shape index (κ3) is 4.63. The zero-order valence-corrected chi connectivity index (χ0v) is 22.1. The third-order valence-electron chi connectivity index (χ3n) is 7.33. The lowest BCUT2D eigenvalue weighted by molar-refractivity contribution is 0.922. The Bertz CT molecular complexity index is 1720. The van der Waals surface area contributed by atoms with Gasteiger partial charge in [0.2, 0.25) is 0 Å². The first-order valence-electron chi connectivity index (χ1n) is 13.7. The Labute approximate surface area is 225 Å². The molecule has 0 fully saturated rings. The lowest BCUT2D eigenvalue weighted by Gasteiger charge is -2.13. The fourth-order valence-corrected chi connectivity index (χ4v) is 5.38. The molecule has 0 aromatic heterocycles. The maximum atomic E-state index is 3.46. The maximum absolute atomic E-state index is 3.46. The first kappa shape index (κ1) is 23.9. The van der Waals surface area contributed by atoms with E-state index in [-0.39, 0.29) is 0 Å². The molecule has 6 rings (SSSR count). The summed E-state index contributed by atoms with van der Waals surface area (Å²) in [5, 5.41) is 7.43. The molecule has 0 heteroatoms. The zero-order chi connectivity index (χ0) is 25.9. The quantitative estimate of drug-likeness (QED) is 0.172. The van der Waals surface area contributed by atoms with E-state index in [1.807, 2.05) is 0 Å². The molecule has 0 N–H and O–H groups in total. The van der Waals surface area contributed by atoms with Gasteiger partial charge in [0.25, 0.3) is 0 Å². The molecule has 0 nitrogen and oxygen atoms in total. The Morgan fingerprint density at radius 3 is 1.21 bits per heavy atom. The van der Waals surface area contributed by atoms with Crippen LogP contribution in [0.4, 0.5) is 0 Å². The van der Waals surface area contributed by atoms with E-state index in [9.17, 15) is 0 Å². The van der Waals surface area contributed by atoms with Crippen LogP contribution in [0.1, 0.15) is 60.1 Å². The molecular formula is C38H30. The van der Waals surface area contributed by atoms with E-state index >= 15 is 0 Å². The van der Waals surface area contributed by atoms with Crippen molar-refractivity contribution < 1.29 is 0 Å². The predicted molar refractivity (Wildman–Crippen MR) is 163 cm³/mol. The van der Waals surface area contributed by atoms with Crippen molar-refractivity contribution in [3.8, 4) is 23.7 Å². The molecule has 6 aromatic rings. The van der Waals surface area contributed by atoms with Crippen molar-refractivity contribution in [2.24, 2.45) is 0 Å². The smallest absolute Gasteiger partial charge is 0.0328 e. The monoisotopic (exact) mass is 486 g/mol. The Morgan fingerprint density at radius 1 is 0.421 bits per heavy atom. The second kappa shape index (κ2) is 10.5. The number of hydrogen-bond acceptors (Lipinski definition) is 0. The van der Waals surface area contributed by atoms with Gasteiger partial charge in [0.15, 0.2) is 0 Å². The molecular weight excluding hydrogens is 456 g/mol. The van der Waals surface area contributed by atoms with E-state index in [0.29, 0.717) is 0 Å². The summed E-state index contributed by atoms with van der Waals surface area (Å²) in [6, 6.07) is 34.9. The number of aryl methyl sites for hydroxylation is 2. The third-order valence-corrected chi connectivity index (χ3v) is 7.33. The standard InChI is InChI=1S/C38H30/c1-3-5-27-7-11-29(12-8-27)15-17-31-19-21-33-24-26-36-32(18-16-30-13-9-28(6-4-2)10-14-30)20-22-34-23-25-35(31)37(33)38(34)36/h7-14,19-26H,3-6H2,1-2H3. The summed E-state index contributed by atoms with van der Waals surface area (Å²) in [6.07, 6.45) is 4.54. The van der Waals surface area contributed by atoms with E-state index < -0.39 is 0 Å². The lowest BCUT2D eigenvalue weighted by Crippen LogP contribution is -1.89. The van der Waals surface area contributed by atoms with Crippen molar-refractivity contribution in [1.29, 1.82) is 0 Å². The van der Waals surface area contributed by atoms with Crippen LogP contribution in [0.5, 0.6) is 0 Å². The van der Waals surface area contributed by atoms with Crippen LogP contribution in [0.3, 0.4) is 0 Å². The average Bonchev–Trinajstić information content (AvgIpc) is 2.96. The van der Waals surface area contributed by atoms with Gasteiger partial charge in [-0.05, 0) is 92.7 Å². The molecule has 0 heterocycles. The molecule has 0 spiro atoms. The van der Waals surface area contributed by atoms with Crippen molar-refractivity contribution in [2.75, 3.05) is 0 Å². The number of benzene rings is 6. The summed E-state index contributed by atoms with van der Waals surface area (Å²) in [6.45, 7) is 4.42. The van der Waals surface area contributed by atoms with Crippen LogP contribution in [0, 0.1) is 23.7 Å². The molecule has 0 radical (unpaired) electrons. The molecule has 0 aliphatic carbocycles. The summed E-state index contributed by atoms with van der Waals surface area (Å²) in [4.78, 5) is 0. The average molecular weight is 487 g/mol. The summed E-state index contributed by atoms with van der Waals surface area (Å²) >= 11 is 0. The minimum absolute atomic E-state index is 1.05. The van der Waals surface area contributed by atoms with Crippen LogP contribution in [0.15, 0.2) is 97.1 Å². The molecule has 38 heavy (non-hydrogen) atoms. The van der Waals surface area contributed by atoms with Crippen LogP contribution < -0.4 is 0 Å². The van der Waals surface area contributed by atoms with Gasteiger partial charge in [-0.15, -0.1) is 0 Å². The molecule has 0 saturated carbocycles. The number of rotatable bonds is 4. The van der Waals surface area contributed by atoms with Crippen molar-refractivity contribution >= 4 is 32.3 Å². The van der Waals surface area contributed by atoms with Gasteiger partial charge in [-0.25, -0.2) is 0 Å². The summed E-state index contributed by atoms with van der Waals surface area (Å²) in [5.74, 6) is 13.7. The molecule has 6 aromatic carbocycles. The van der Waals surface area contributed by atoms with Gasteiger partial charge in [0.05, 0.1) is 0 Å². The van der Waals surface area contributed by atoms with E-state index in [2.05, 4.69) is 135 Å². The van der Waals surface area contributed by atoms with E-state index in [4.69, 9.17) is 0 Å². The van der Waals surface area contributed by atoms with Crippen molar-refractivity contribution in [2.45, 2.75) is 39.5 Å². The Hall–Kier alpha value is -4.52. The van der Waals surface area contributed by atoms with Crippen LogP contribution >= 0.6 is 0 Å². The molecule has 0 amide bonds. The second-order valence-electron chi connectivity index (χ2n) is 10.0. The van der Waals surface area contributed by atoms with E-state index in [1.54, 1.807) is 0 Å². The zero-order valence-electron chi connectivity index (χ0n) is 22.1. The summed E-state index contributed by atoms with van der Waals surface area (Å²) in [5.41, 5.74) is 6.97. The highest BCUT2D eigenvalue weighted by atomic mass is 14.1. The van der Waals surface area contributed by atoms with Gasteiger partial charge in [0, 0.05) is 22.3 Å². The molecule has 0 bridgehead atoms. The first-order chi connectivity index (χ1) is 18.7. The Morgan fingerprint density at radius 2 is 0.816 bits per heavy atom. The van der Waals surface area contributed by atoms with Crippen LogP contribution in [0.2, 0.25) is 0 Å². The highest BCUT2D eigenvalue weighted by Crippen LogP contribution is 2.37. The van der Waals surface area contributed by atoms with Crippen molar-refractivity contribution in [3.05, 3.63) is 130 Å². The van der Waals surface area contributed by atoms with Gasteiger partial charge in [-0.1, -0.05) is 111 Å². The van der Waals surface area contributed by atoms with Crippen molar-refractivity contribution in [3.63, 3.8) is 0 Å². The Balaban J connectivity index is 1.42. The van der Waals surface area contributed by atoms with Crippen LogP contribution in [0.25, 0.3) is 32.3 Å². The Kier molecular flexibility index (Phi) is 6.56. The van der Waals surface area contributed by atoms with Gasteiger partial charge in [-0.3, -0.25) is 0 Å². The van der Waals surface area contributed by atoms with Crippen LogP contribution in [-0.2, 0) is 12.8 Å². The fourth-order valence-electron chi connectivity index (χ4n) is 5.38. The summed E-state index contributed by atoms with van der Waals surface area (Å²) < 4.78 is 0. The fraction of sp³-hybridized carbons (Fsp3) is 0.158. The van der Waals surface area contributed by atoms with Gasteiger partial charge in [0.1, 0.15) is 0 Å². The molecule has 0 saturated heterocycles. The summed E-state index contributed by atoms with van der Waals surface area (Å²) in [7, 11) is 0. The highest BCUT2D eigenvalue weighted by Gasteiger charge is 2.12. The molecule has 0 aliphatic heterocycles.